The van der Waals surface area contributed by atoms with Gasteiger partial charge in [0.15, 0.2) is 5.56 Å². The van der Waals surface area contributed by atoms with Crippen molar-refractivity contribution in [3.8, 4) is 11.6 Å². The van der Waals surface area contributed by atoms with E-state index in [1.165, 1.54) is 18.2 Å². The predicted octanol–water partition coefficient (Wildman–Crippen LogP) is 1.43. The number of hydrogen-bond donors (Lipinski definition) is 3. The Morgan fingerprint density at radius 3 is 2.64 bits per heavy atom. The number of nitrogens with zero attached hydrogens (tertiary/aromatic N) is 1. The third-order valence-corrected chi connectivity index (χ3v) is 4.32. The Balaban J connectivity index is 2.02. The largest absolute Gasteiger partial charge is 0.493 e. The first-order valence-corrected chi connectivity index (χ1v) is 8.12. The van der Waals surface area contributed by atoms with Crippen LogP contribution in [0.25, 0.3) is 5.69 Å². The number of aromatic nitrogens is 2. The smallest absolute Gasteiger partial charge is 0.335 e. The van der Waals surface area contributed by atoms with Gasteiger partial charge in [0.25, 0.3) is 11.5 Å². The molecule has 1 fully saturated rings. The second-order valence-corrected chi connectivity index (χ2v) is 6.08. The maximum absolute atomic E-state index is 13.4. The van der Waals surface area contributed by atoms with E-state index in [0.29, 0.717) is 4.57 Å². The van der Waals surface area contributed by atoms with Gasteiger partial charge in [-0.2, -0.15) is 0 Å². The van der Waals surface area contributed by atoms with Crippen LogP contribution < -0.4 is 16.6 Å². The molecule has 1 amide bonds. The lowest BCUT2D eigenvalue weighted by atomic mass is 9.95. The third kappa shape index (κ3) is 3.47. The fraction of sp³-hybridized carbons (Fsp3) is 0.353. The topological polar surface area (TPSA) is 104 Å². The van der Waals surface area contributed by atoms with Crippen LogP contribution in [-0.4, -0.2) is 26.6 Å². The van der Waals surface area contributed by atoms with E-state index in [0.717, 1.165) is 38.2 Å². The highest BCUT2D eigenvalue weighted by Gasteiger charge is 2.24. The molecule has 0 atom stereocenters. The van der Waals surface area contributed by atoms with Crippen LogP contribution in [0, 0.1) is 5.82 Å². The number of benzene rings is 1. The maximum atomic E-state index is 13.4. The molecule has 132 valence electrons. The summed E-state index contributed by atoms with van der Waals surface area (Å²) in [6.45, 7) is 0. The quantitative estimate of drug-likeness (QED) is 0.781. The van der Waals surface area contributed by atoms with Gasteiger partial charge in [-0.05, 0) is 31.0 Å². The highest BCUT2D eigenvalue weighted by molar-refractivity contribution is 5.96. The molecular formula is C17H18FN3O4. The molecule has 0 aliphatic heterocycles. The lowest BCUT2D eigenvalue weighted by molar-refractivity contribution is 0.0922. The van der Waals surface area contributed by atoms with E-state index in [1.54, 1.807) is 0 Å². The number of amides is 1. The number of aromatic amines is 1. The molecule has 0 unspecified atom stereocenters. The number of H-pyrrole nitrogens is 1. The Labute approximate surface area is 142 Å². The van der Waals surface area contributed by atoms with Crippen molar-refractivity contribution >= 4 is 5.91 Å². The zero-order valence-electron chi connectivity index (χ0n) is 13.4. The van der Waals surface area contributed by atoms with Gasteiger partial charge < -0.3 is 10.4 Å². The zero-order valence-corrected chi connectivity index (χ0v) is 13.4. The second-order valence-electron chi connectivity index (χ2n) is 6.08. The molecule has 1 aromatic heterocycles. The summed E-state index contributed by atoms with van der Waals surface area (Å²) in [7, 11) is 0. The molecule has 0 spiro atoms. The second kappa shape index (κ2) is 6.92. The van der Waals surface area contributed by atoms with Crippen molar-refractivity contribution in [1.82, 2.24) is 14.9 Å². The summed E-state index contributed by atoms with van der Waals surface area (Å²) in [5.41, 5.74) is -2.49. The van der Waals surface area contributed by atoms with Crippen LogP contribution in [0.5, 0.6) is 5.88 Å². The van der Waals surface area contributed by atoms with Gasteiger partial charge in [0.05, 0.1) is 5.69 Å². The number of carbonyl (C=O) groups excluding carboxylic acids is 1. The van der Waals surface area contributed by atoms with Crippen molar-refractivity contribution in [3.63, 3.8) is 0 Å². The van der Waals surface area contributed by atoms with Crippen LogP contribution in [0.4, 0.5) is 4.39 Å². The maximum Gasteiger partial charge on any atom is 0.335 e. The summed E-state index contributed by atoms with van der Waals surface area (Å²) in [6.07, 6.45) is 4.66. The number of hydrogen-bond acceptors (Lipinski definition) is 4. The van der Waals surface area contributed by atoms with Crippen molar-refractivity contribution in [2.45, 2.75) is 38.1 Å². The van der Waals surface area contributed by atoms with Crippen LogP contribution in [0.1, 0.15) is 42.5 Å². The zero-order chi connectivity index (χ0) is 18.0. The van der Waals surface area contributed by atoms with Crippen LogP contribution in [-0.2, 0) is 0 Å². The molecule has 1 aromatic carbocycles. The van der Waals surface area contributed by atoms with Gasteiger partial charge in [-0.1, -0.05) is 25.3 Å². The molecule has 2 aromatic rings. The Kier molecular flexibility index (Phi) is 4.69. The number of aromatic hydroxyl groups is 1. The molecule has 7 nitrogen and oxygen atoms in total. The molecule has 0 radical (unpaired) electrons. The molecule has 0 saturated heterocycles. The number of rotatable bonds is 3. The van der Waals surface area contributed by atoms with Crippen LogP contribution in [0.2, 0.25) is 0 Å². The van der Waals surface area contributed by atoms with Gasteiger partial charge in [0.2, 0.25) is 5.88 Å². The fourth-order valence-corrected chi connectivity index (χ4v) is 3.09. The molecule has 3 N–H and O–H groups in total. The standard InChI is InChI=1S/C17H18FN3O4/c18-10-5-4-8-12(9-10)21-16(24)13(15(23)20-17(21)25)14(22)19-11-6-2-1-3-7-11/h4-5,8-9,11,24H,1-3,6-7H2,(H,19,22)(H,20,23,25). The molecule has 25 heavy (non-hydrogen) atoms. The van der Waals surface area contributed by atoms with E-state index in [9.17, 15) is 23.9 Å². The van der Waals surface area contributed by atoms with Crippen LogP contribution in [0.15, 0.2) is 33.9 Å². The number of carbonyl (C=O) groups is 1. The van der Waals surface area contributed by atoms with E-state index in [1.807, 2.05) is 4.98 Å². The van der Waals surface area contributed by atoms with Crippen molar-refractivity contribution in [2.75, 3.05) is 0 Å². The van der Waals surface area contributed by atoms with Gasteiger partial charge in [-0.25, -0.2) is 13.8 Å². The highest BCUT2D eigenvalue weighted by Crippen LogP contribution is 2.20. The van der Waals surface area contributed by atoms with Crippen LogP contribution >= 0.6 is 0 Å². The average Bonchev–Trinajstić information content (AvgIpc) is 2.55. The molecule has 3 rings (SSSR count). The van der Waals surface area contributed by atoms with E-state index in [2.05, 4.69) is 5.32 Å². The summed E-state index contributed by atoms with van der Waals surface area (Å²) in [6, 6.07) is 4.85. The molecule has 1 heterocycles. The predicted molar refractivity (Wildman–Crippen MR) is 88.6 cm³/mol. The Hall–Kier alpha value is -2.90. The van der Waals surface area contributed by atoms with Crippen molar-refractivity contribution in [2.24, 2.45) is 0 Å². The van der Waals surface area contributed by atoms with E-state index in [4.69, 9.17) is 0 Å². The lowest BCUT2D eigenvalue weighted by Crippen LogP contribution is -2.41. The molecule has 1 aliphatic carbocycles. The molecule has 1 saturated carbocycles. The Morgan fingerprint density at radius 1 is 1.24 bits per heavy atom. The third-order valence-electron chi connectivity index (χ3n) is 4.32. The minimum absolute atomic E-state index is 0.00506. The highest BCUT2D eigenvalue weighted by atomic mass is 19.1. The van der Waals surface area contributed by atoms with E-state index < -0.39 is 34.4 Å². The molecule has 0 bridgehead atoms. The molecular weight excluding hydrogens is 329 g/mol. The Morgan fingerprint density at radius 2 is 1.96 bits per heavy atom. The first-order chi connectivity index (χ1) is 12.0. The van der Waals surface area contributed by atoms with Gasteiger partial charge in [0.1, 0.15) is 5.82 Å². The minimum atomic E-state index is -0.983. The number of nitrogens with one attached hydrogen (secondary N) is 2. The van der Waals surface area contributed by atoms with Gasteiger partial charge in [-0.15, -0.1) is 0 Å². The summed E-state index contributed by atoms with van der Waals surface area (Å²) in [5.74, 6) is -2.19. The summed E-state index contributed by atoms with van der Waals surface area (Å²) in [5, 5.41) is 13.1. The first-order valence-electron chi connectivity index (χ1n) is 8.12. The lowest BCUT2D eigenvalue weighted by Gasteiger charge is -2.22. The summed E-state index contributed by atoms with van der Waals surface area (Å²) in [4.78, 5) is 38.5. The van der Waals surface area contributed by atoms with Crippen molar-refractivity contribution < 1.29 is 14.3 Å². The molecule has 1 aliphatic rings. The van der Waals surface area contributed by atoms with E-state index in [-0.39, 0.29) is 11.7 Å². The Bertz CT molecular complexity index is 913. The fourth-order valence-electron chi connectivity index (χ4n) is 3.09. The summed E-state index contributed by atoms with van der Waals surface area (Å²) >= 11 is 0. The van der Waals surface area contributed by atoms with E-state index >= 15 is 0 Å². The van der Waals surface area contributed by atoms with Crippen molar-refractivity contribution in [3.05, 3.63) is 56.5 Å². The normalized spacial score (nSPS) is 15.1. The number of halogens is 1. The van der Waals surface area contributed by atoms with Gasteiger partial charge in [-0.3, -0.25) is 14.6 Å². The van der Waals surface area contributed by atoms with Crippen LogP contribution in [0.3, 0.4) is 0 Å². The first kappa shape index (κ1) is 16.9. The molecule has 8 heteroatoms. The SMILES string of the molecule is O=C(NC1CCCCC1)c1c(O)n(-c2cccc(F)c2)c(=O)[nH]c1=O. The minimum Gasteiger partial charge on any atom is -0.493 e. The van der Waals surface area contributed by atoms with Crippen molar-refractivity contribution in [1.29, 1.82) is 0 Å². The summed E-state index contributed by atoms with van der Waals surface area (Å²) < 4.78 is 14.1. The van der Waals surface area contributed by atoms with Gasteiger partial charge in [0, 0.05) is 6.04 Å². The monoisotopic (exact) mass is 347 g/mol. The van der Waals surface area contributed by atoms with Gasteiger partial charge >= 0.3 is 5.69 Å². The average molecular weight is 347 g/mol.